The average molecular weight is 201 g/mol. The van der Waals surface area contributed by atoms with Crippen molar-refractivity contribution in [3.8, 4) is 11.1 Å². The summed E-state index contributed by atoms with van der Waals surface area (Å²) in [5.74, 6) is -0.202. The first-order chi connectivity index (χ1) is 7.31. The van der Waals surface area contributed by atoms with E-state index in [9.17, 15) is 4.39 Å². The molecule has 0 fully saturated rings. The maximum atomic E-state index is 13.1. The van der Waals surface area contributed by atoms with Crippen LogP contribution in [0, 0.1) is 5.82 Å². The molecule has 0 radical (unpaired) electrons. The lowest BCUT2D eigenvalue weighted by molar-refractivity contribution is 0.628. The fourth-order valence-corrected chi connectivity index (χ4v) is 1.65. The molecule has 0 aliphatic carbocycles. The van der Waals surface area contributed by atoms with Crippen LogP contribution in [0.1, 0.15) is 12.5 Å². The number of pyridine rings is 1. The topological polar surface area (TPSA) is 12.9 Å². The van der Waals surface area contributed by atoms with Crippen molar-refractivity contribution in [2.45, 2.75) is 13.3 Å². The van der Waals surface area contributed by atoms with Gasteiger partial charge in [-0.05, 0) is 41.3 Å². The summed E-state index contributed by atoms with van der Waals surface area (Å²) in [7, 11) is 0. The Morgan fingerprint density at radius 2 is 2.13 bits per heavy atom. The van der Waals surface area contributed by atoms with Crippen LogP contribution in [-0.4, -0.2) is 4.98 Å². The van der Waals surface area contributed by atoms with Gasteiger partial charge >= 0.3 is 0 Å². The van der Waals surface area contributed by atoms with Crippen LogP contribution in [-0.2, 0) is 6.42 Å². The van der Waals surface area contributed by atoms with E-state index in [1.807, 2.05) is 18.3 Å². The minimum atomic E-state index is -0.202. The zero-order valence-electron chi connectivity index (χ0n) is 8.57. The first-order valence-electron chi connectivity index (χ1n) is 5.00. The first-order valence-corrected chi connectivity index (χ1v) is 5.00. The van der Waals surface area contributed by atoms with E-state index >= 15 is 0 Å². The lowest BCUT2D eigenvalue weighted by Gasteiger charge is -2.06. The Kier molecular flexibility index (Phi) is 2.77. The molecule has 1 heterocycles. The number of hydrogen-bond donors (Lipinski definition) is 0. The molecule has 0 unspecified atom stereocenters. The van der Waals surface area contributed by atoms with Crippen LogP contribution < -0.4 is 0 Å². The van der Waals surface area contributed by atoms with E-state index in [4.69, 9.17) is 0 Å². The van der Waals surface area contributed by atoms with E-state index in [2.05, 4.69) is 11.9 Å². The Hall–Kier alpha value is -1.70. The van der Waals surface area contributed by atoms with E-state index in [1.165, 1.54) is 6.07 Å². The third kappa shape index (κ3) is 2.04. The van der Waals surface area contributed by atoms with Crippen LogP contribution in [0.3, 0.4) is 0 Å². The molecule has 0 atom stereocenters. The molecule has 0 aliphatic rings. The highest BCUT2D eigenvalue weighted by atomic mass is 19.1. The lowest BCUT2D eigenvalue weighted by Crippen LogP contribution is -1.89. The molecule has 0 N–H and O–H groups in total. The zero-order valence-corrected chi connectivity index (χ0v) is 8.57. The van der Waals surface area contributed by atoms with Crippen molar-refractivity contribution in [3.05, 3.63) is 54.1 Å². The van der Waals surface area contributed by atoms with Gasteiger partial charge in [0.1, 0.15) is 5.82 Å². The summed E-state index contributed by atoms with van der Waals surface area (Å²) >= 11 is 0. The standard InChI is InChI=1S/C13H12FN/c1-2-10-9-15-7-6-13(10)11-4-3-5-12(14)8-11/h3-9H,2H2,1H3. The van der Waals surface area contributed by atoms with Crippen molar-refractivity contribution in [2.24, 2.45) is 0 Å². The smallest absolute Gasteiger partial charge is 0.123 e. The Morgan fingerprint density at radius 3 is 2.87 bits per heavy atom. The molecule has 2 aromatic rings. The van der Waals surface area contributed by atoms with Gasteiger partial charge in [0.2, 0.25) is 0 Å². The molecular weight excluding hydrogens is 189 g/mol. The molecule has 1 aromatic carbocycles. The van der Waals surface area contributed by atoms with Gasteiger partial charge in [-0.3, -0.25) is 4.98 Å². The summed E-state index contributed by atoms with van der Waals surface area (Å²) in [6, 6.07) is 8.57. The number of aromatic nitrogens is 1. The molecule has 2 heteroatoms. The van der Waals surface area contributed by atoms with Gasteiger partial charge < -0.3 is 0 Å². The summed E-state index contributed by atoms with van der Waals surface area (Å²) < 4.78 is 13.1. The highest BCUT2D eigenvalue weighted by Gasteiger charge is 2.03. The van der Waals surface area contributed by atoms with Crippen molar-refractivity contribution in [1.29, 1.82) is 0 Å². The molecule has 0 saturated heterocycles. The van der Waals surface area contributed by atoms with E-state index in [1.54, 1.807) is 18.3 Å². The number of halogens is 1. The minimum absolute atomic E-state index is 0.202. The third-order valence-corrected chi connectivity index (χ3v) is 2.42. The quantitative estimate of drug-likeness (QED) is 0.725. The van der Waals surface area contributed by atoms with Gasteiger partial charge in [-0.2, -0.15) is 0 Å². The molecule has 0 spiro atoms. The normalized spacial score (nSPS) is 10.3. The van der Waals surface area contributed by atoms with Gasteiger partial charge in [0.15, 0.2) is 0 Å². The minimum Gasteiger partial charge on any atom is -0.264 e. The van der Waals surface area contributed by atoms with Crippen LogP contribution in [0.5, 0.6) is 0 Å². The Morgan fingerprint density at radius 1 is 1.27 bits per heavy atom. The van der Waals surface area contributed by atoms with Crippen LogP contribution in [0.15, 0.2) is 42.7 Å². The summed E-state index contributed by atoms with van der Waals surface area (Å²) in [4.78, 5) is 4.07. The van der Waals surface area contributed by atoms with Crippen LogP contribution >= 0.6 is 0 Å². The zero-order chi connectivity index (χ0) is 10.7. The van der Waals surface area contributed by atoms with Crippen LogP contribution in [0.4, 0.5) is 4.39 Å². The lowest BCUT2D eigenvalue weighted by atomic mass is 10.0. The maximum absolute atomic E-state index is 13.1. The SMILES string of the molecule is CCc1cnccc1-c1cccc(F)c1. The molecule has 76 valence electrons. The molecule has 1 aromatic heterocycles. The van der Waals surface area contributed by atoms with Crippen molar-refractivity contribution < 1.29 is 4.39 Å². The molecule has 0 saturated carbocycles. The van der Waals surface area contributed by atoms with Crippen molar-refractivity contribution in [1.82, 2.24) is 4.98 Å². The summed E-state index contributed by atoms with van der Waals surface area (Å²) in [5.41, 5.74) is 3.12. The maximum Gasteiger partial charge on any atom is 0.123 e. The van der Waals surface area contributed by atoms with Gasteiger partial charge in [0, 0.05) is 12.4 Å². The molecule has 15 heavy (non-hydrogen) atoms. The number of rotatable bonds is 2. The largest absolute Gasteiger partial charge is 0.264 e. The Bertz CT molecular complexity index is 466. The van der Waals surface area contributed by atoms with E-state index < -0.39 is 0 Å². The molecule has 0 bridgehead atoms. The van der Waals surface area contributed by atoms with Crippen molar-refractivity contribution in [2.75, 3.05) is 0 Å². The van der Waals surface area contributed by atoms with E-state index in [0.29, 0.717) is 0 Å². The van der Waals surface area contributed by atoms with Crippen molar-refractivity contribution in [3.63, 3.8) is 0 Å². The van der Waals surface area contributed by atoms with Crippen LogP contribution in [0.25, 0.3) is 11.1 Å². The number of benzene rings is 1. The number of nitrogens with zero attached hydrogens (tertiary/aromatic N) is 1. The second-order valence-electron chi connectivity index (χ2n) is 3.40. The van der Waals surface area contributed by atoms with Crippen molar-refractivity contribution >= 4 is 0 Å². The molecule has 0 amide bonds. The summed E-state index contributed by atoms with van der Waals surface area (Å²) in [6.45, 7) is 2.07. The summed E-state index contributed by atoms with van der Waals surface area (Å²) in [5, 5.41) is 0. The Balaban J connectivity index is 2.53. The second kappa shape index (κ2) is 4.22. The second-order valence-corrected chi connectivity index (χ2v) is 3.40. The number of hydrogen-bond acceptors (Lipinski definition) is 1. The highest BCUT2D eigenvalue weighted by Crippen LogP contribution is 2.23. The molecule has 0 aliphatic heterocycles. The third-order valence-electron chi connectivity index (χ3n) is 2.42. The van der Waals surface area contributed by atoms with Crippen LogP contribution in [0.2, 0.25) is 0 Å². The molecular formula is C13H12FN. The summed E-state index contributed by atoms with van der Waals surface area (Å²) in [6.07, 6.45) is 4.47. The van der Waals surface area contributed by atoms with Gasteiger partial charge in [-0.1, -0.05) is 19.1 Å². The Labute approximate surface area is 88.6 Å². The molecule has 2 rings (SSSR count). The number of aryl methyl sites for hydroxylation is 1. The fourth-order valence-electron chi connectivity index (χ4n) is 1.65. The van der Waals surface area contributed by atoms with Gasteiger partial charge in [0.25, 0.3) is 0 Å². The molecule has 1 nitrogen and oxygen atoms in total. The first kappa shape index (κ1) is 9.84. The van der Waals surface area contributed by atoms with E-state index in [0.717, 1.165) is 23.1 Å². The highest BCUT2D eigenvalue weighted by molar-refractivity contribution is 5.66. The van der Waals surface area contributed by atoms with E-state index in [-0.39, 0.29) is 5.82 Å². The fraction of sp³-hybridized carbons (Fsp3) is 0.154. The van der Waals surface area contributed by atoms with Gasteiger partial charge in [-0.15, -0.1) is 0 Å². The monoisotopic (exact) mass is 201 g/mol. The predicted molar refractivity (Wildman–Crippen MR) is 59.0 cm³/mol. The average Bonchev–Trinajstić information content (AvgIpc) is 2.29. The van der Waals surface area contributed by atoms with Gasteiger partial charge in [0.05, 0.1) is 0 Å². The predicted octanol–water partition coefficient (Wildman–Crippen LogP) is 3.45. The van der Waals surface area contributed by atoms with Gasteiger partial charge in [-0.25, -0.2) is 4.39 Å².